The van der Waals surface area contributed by atoms with Crippen LogP contribution in [0.3, 0.4) is 0 Å². The molecule has 0 amide bonds. The number of ether oxygens (including phenoxy) is 2. The number of esters is 2. The molecule has 30 heavy (non-hydrogen) atoms. The first-order valence-electron chi connectivity index (χ1n) is 11.1. The number of rotatable bonds is 4. The minimum atomic E-state index is -0.372. The number of carbonyl (C=O) groups excluding carboxylic acids is 2. The van der Waals surface area contributed by atoms with Gasteiger partial charge in [-0.3, -0.25) is 0 Å². The highest BCUT2D eigenvalue weighted by Crippen LogP contribution is 2.60. The lowest BCUT2D eigenvalue weighted by atomic mass is 9.81. The van der Waals surface area contributed by atoms with Gasteiger partial charge in [-0.05, 0) is 80.5 Å². The van der Waals surface area contributed by atoms with Crippen LogP contribution in [-0.4, -0.2) is 24.1 Å². The first-order chi connectivity index (χ1) is 14.5. The summed E-state index contributed by atoms with van der Waals surface area (Å²) in [4.78, 5) is 25.9. The lowest BCUT2D eigenvalue weighted by Gasteiger charge is -2.29. The van der Waals surface area contributed by atoms with Crippen molar-refractivity contribution in [3.63, 3.8) is 0 Å². The molecule has 0 aliphatic heterocycles. The summed E-state index contributed by atoms with van der Waals surface area (Å²) >= 11 is 0. The molecule has 0 spiro atoms. The Morgan fingerprint density at radius 1 is 0.767 bits per heavy atom. The van der Waals surface area contributed by atoms with Crippen LogP contribution in [0, 0.1) is 37.5 Å². The molecule has 4 nitrogen and oxygen atoms in total. The Morgan fingerprint density at radius 3 is 1.97 bits per heavy atom. The van der Waals surface area contributed by atoms with Crippen molar-refractivity contribution in [3.05, 3.63) is 70.8 Å². The first kappa shape index (κ1) is 19.3. The number of fused-ring (bicyclic) bond motifs is 5. The highest BCUT2D eigenvalue weighted by molar-refractivity contribution is 5.92. The van der Waals surface area contributed by atoms with Crippen LogP contribution >= 0.6 is 0 Å². The normalized spacial score (nSPS) is 31.4. The first-order valence-corrected chi connectivity index (χ1v) is 11.1. The second kappa shape index (κ2) is 7.57. The molecule has 5 rings (SSSR count). The molecule has 0 saturated heterocycles. The molecule has 0 aromatic heterocycles. The molecule has 2 aromatic rings. The minimum Gasteiger partial charge on any atom is -0.455 e. The third kappa shape index (κ3) is 3.23. The summed E-state index contributed by atoms with van der Waals surface area (Å²) in [5.74, 6) is 1.44. The van der Waals surface area contributed by atoms with Crippen LogP contribution in [-0.2, 0) is 9.47 Å². The highest BCUT2D eigenvalue weighted by Gasteiger charge is 2.59. The second-order valence-corrected chi connectivity index (χ2v) is 9.25. The quantitative estimate of drug-likeness (QED) is 0.664. The molecule has 156 valence electrons. The molecule has 3 fully saturated rings. The largest absolute Gasteiger partial charge is 0.455 e. The van der Waals surface area contributed by atoms with Gasteiger partial charge in [-0.15, -0.1) is 0 Å². The smallest absolute Gasteiger partial charge is 0.338 e. The van der Waals surface area contributed by atoms with Gasteiger partial charge in [-0.2, -0.15) is 0 Å². The number of carbonyl (C=O) groups is 2. The third-order valence-electron chi connectivity index (χ3n) is 7.64. The molecular weight excluding hydrogens is 376 g/mol. The fraction of sp³-hybridized carbons (Fsp3) is 0.462. The number of benzene rings is 2. The Bertz CT molecular complexity index is 981. The molecule has 6 unspecified atom stereocenters. The molecule has 2 bridgehead atoms. The summed E-state index contributed by atoms with van der Waals surface area (Å²) in [5.41, 5.74) is 2.97. The van der Waals surface area contributed by atoms with Crippen LogP contribution < -0.4 is 0 Å². The minimum absolute atomic E-state index is 0.307. The van der Waals surface area contributed by atoms with Crippen molar-refractivity contribution in [2.75, 3.05) is 0 Å². The van der Waals surface area contributed by atoms with Crippen LogP contribution in [0.1, 0.15) is 57.5 Å². The van der Waals surface area contributed by atoms with Gasteiger partial charge in [0.2, 0.25) is 0 Å². The molecule has 3 saturated carbocycles. The Hall–Kier alpha value is -2.62. The van der Waals surface area contributed by atoms with Gasteiger partial charge in [-0.25, -0.2) is 9.59 Å². The van der Waals surface area contributed by atoms with E-state index in [9.17, 15) is 9.59 Å². The predicted octanol–water partition coefficient (Wildman–Crippen LogP) is 5.12. The second-order valence-electron chi connectivity index (χ2n) is 9.25. The summed E-state index contributed by atoms with van der Waals surface area (Å²) in [7, 11) is 0. The Kier molecular flexibility index (Phi) is 4.88. The molecule has 2 aromatic carbocycles. The molecule has 4 heteroatoms. The lowest BCUT2D eigenvalue weighted by Crippen LogP contribution is -2.37. The van der Waals surface area contributed by atoms with Crippen LogP contribution in [0.15, 0.2) is 48.5 Å². The van der Waals surface area contributed by atoms with Gasteiger partial charge in [0, 0.05) is 5.92 Å². The summed E-state index contributed by atoms with van der Waals surface area (Å²) in [5, 5.41) is 0. The maximum absolute atomic E-state index is 13.0. The van der Waals surface area contributed by atoms with Crippen molar-refractivity contribution in [3.8, 4) is 0 Å². The van der Waals surface area contributed by atoms with Gasteiger partial charge < -0.3 is 9.47 Å². The number of aryl methyl sites for hydroxylation is 2. The molecule has 6 atom stereocenters. The van der Waals surface area contributed by atoms with Crippen molar-refractivity contribution >= 4 is 11.9 Å². The van der Waals surface area contributed by atoms with E-state index in [1.807, 2.05) is 50.2 Å². The predicted molar refractivity (Wildman–Crippen MR) is 113 cm³/mol. The molecule has 0 N–H and O–H groups in total. The number of hydrogen-bond donors (Lipinski definition) is 0. The van der Waals surface area contributed by atoms with Crippen molar-refractivity contribution in [2.45, 2.75) is 51.7 Å². The van der Waals surface area contributed by atoms with E-state index in [0.717, 1.165) is 17.5 Å². The Labute approximate surface area is 177 Å². The lowest BCUT2D eigenvalue weighted by molar-refractivity contribution is -0.0417. The highest BCUT2D eigenvalue weighted by atomic mass is 16.6. The zero-order valence-electron chi connectivity index (χ0n) is 17.5. The van der Waals surface area contributed by atoms with Gasteiger partial charge in [-0.1, -0.05) is 36.4 Å². The Morgan fingerprint density at radius 2 is 1.33 bits per heavy atom. The van der Waals surface area contributed by atoms with Crippen molar-refractivity contribution in [1.82, 2.24) is 0 Å². The molecule has 3 aliphatic rings. The average Bonchev–Trinajstić information content (AvgIpc) is 3.42. The maximum Gasteiger partial charge on any atom is 0.338 e. The fourth-order valence-electron chi connectivity index (χ4n) is 6.23. The summed E-state index contributed by atoms with van der Waals surface area (Å²) < 4.78 is 12.1. The van der Waals surface area contributed by atoms with Crippen molar-refractivity contribution in [1.29, 1.82) is 0 Å². The Balaban J connectivity index is 1.40. The van der Waals surface area contributed by atoms with E-state index in [1.165, 1.54) is 19.3 Å². The van der Waals surface area contributed by atoms with Crippen LogP contribution in [0.4, 0.5) is 0 Å². The fourth-order valence-corrected chi connectivity index (χ4v) is 6.23. The van der Waals surface area contributed by atoms with Crippen LogP contribution in [0.25, 0.3) is 0 Å². The van der Waals surface area contributed by atoms with E-state index in [4.69, 9.17) is 9.47 Å². The number of hydrogen-bond acceptors (Lipinski definition) is 4. The average molecular weight is 405 g/mol. The summed E-state index contributed by atoms with van der Waals surface area (Å²) in [6, 6.07) is 15.0. The van der Waals surface area contributed by atoms with Gasteiger partial charge in [0.15, 0.2) is 0 Å². The molecule has 0 radical (unpaired) electrons. The maximum atomic E-state index is 13.0. The van der Waals surface area contributed by atoms with Gasteiger partial charge in [0.25, 0.3) is 0 Å². The van der Waals surface area contributed by atoms with E-state index in [-0.39, 0.29) is 24.1 Å². The van der Waals surface area contributed by atoms with Crippen LogP contribution in [0.2, 0.25) is 0 Å². The van der Waals surface area contributed by atoms with Gasteiger partial charge in [0.05, 0.1) is 11.1 Å². The zero-order valence-corrected chi connectivity index (χ0v) is 17.5. The van der Waals surface area contributed by atoms with Crippen LogP contribution in [0.5, 0.6) is 0 Å². The monoisotopic (exact) mass is 404 g/mol. The SMILES string of the molecule is Cc1ccccc1C(=O)OC1CC2C3CCC(C3)C2C1OC(=O)c1ccccc1C. The van der Waals surface area contributed by atoms with Gasteiger partial charge in [0.1, 0.15) is 12.2 Å². The van der Waals surface area contributed by atoms with E-state index in [0.29, 0.717) is 34.8 Å². The van der Waals surface area contributed by atoms with E-state index >= 15 is 0 Å². The van der Waals surface area contributed by atoms with E-state index < -0.39 is 0 Å². The summed E-state index contributed by atoms with van der Waals surface area (Å²) in [6.07, 6.45) is 3.75. The molecule has 0 heterocycles. The third-order valence-corrected chi connectivity index (χ3v) is 7.64. The topological polar surface area (TPSA) is 52.6 Å². The molecule has 3 aliphatic carbocycles. The van der Waals surface area contributed by atoms with E-state index in [1.54, 1.807) is 12.1 Å². The molecular formula is C26H28O4. The van der Waals surface area contributed by atoms with E-state index in [2.05, 4.69) is 0 Å². The summed E-state index contributed by atoms with van der Waals surface area (Å²) in [6.45, 7) is 3.83. The van der Waals surface area contributed by atoms with Crippen molar-refractivity contribution < 1.29 is 19.1 Å². The van der Waals surface area contributed by atoms with Crippen molar-refractivity contribution in [2.24, 2.45) is 23.7 Å². The van der Waals surface area contributed by atoms with Gasteiger partial charge >= 0.3 is 11.9 Å². The standard InChI is InChI=1S/C26H28O4/c1-15-7-3-5-9-19(15)25(27)29-22-14-21-17-11-12-18(13-17)23(21)24(22)30-26(28)20-10-6-4-8-16(20)2/h3-10,17-18,21-24H,11-14H2,1-2H3. The zero-order chi connectivity index (χ0) is 20.8.